The van der Waals surface area contributed by atoms with Crippen molar-refractivity contribution >= 4 is 31.8 Å². The zero-order valence-electron chi connectivity index (χ0n) is 14.7. The minimum absolute atomic E-state index is 1.27. The Morgan fingerprint density at radius 1 is 0.667 bits per heavy atom. The van der Waals surface area contributed by atoms with Gasteiger partial charge in [0, 0.05) is 19.6 Å². The van der Waals surface area contributed by atoms with Crippen LogP contribution in [0.1, 0.15) is 0 Å². The van der Waals surface area contributed by atoms with Crippen LogP contribution in [0.25, 0.3) is 0 Å². The maximum absolute atomic E-state index is 4.87. The van der Waals surface area contributed by atoms with Crippen LogP contribution < -0.4 is 15.7 Å². The van der Waals surface area contributed by atoms with E-state index in [1.165, 1.54) is 21.4 Å². The Kier molecular flexibility index (Phi) is 4.83. The zero-order valence-corrected chi connectivity index (χ0v) is 16.7. The monoisotopic (exact) mass is 347 g/mol. The molecule has 0 N–H and O–H groups in total. The Labute approximate surface area is 147 Å². The highest BCUT2D eigenvalue weighted by Gasteiger charge is 2.43. The van der Waals surface area contributed by atoms with Crippen molar-refractivity contribution in [3.05, 3.63) is 85.1 Å². The van der Waals surface area contributed by atoms with E-state index in [-0.39, 0.29) is 0 Å². The molecule has 0 saturated carbocycles. The van der Waals surface area contributed by atoms with Crippen molar-refractivity contribution in [2.24, 2.45) is 0 Å². The number of aromatic nitrogens is 1. The van der Waals surface area contributed by atoms with E-state index in [0.29, 0.717) is 0 Å². The fraction of sp³-hybridized carbons (Fsp3) is 0.190. The van der Waals surface area contributed by atoms with Gasteiger partial charge < -0.3 is 0 Å². The molecular weight excluding hydrogens is 322 g/mol. The highest BCUT2D eigenvalue weighted by atomic mass is 28.4. The molecule has 0 aliphatic rings. The summed E-state index contributed by atoms with van der Waals surface area (Å²) in [6.07, 6.45) is 1.95. The van der Waals surface area contributed by atoms with Crippen LogP contribution in [0.15, 0.2) is 85.1 Å². The smallest absolute Gasteiger partial charge is 0.168 e. The van der Waals surface area contributed by atoms with Crippen molar-refractivity contribution < 1.29 is 0 Å². The molecule has 122 valence electrons. The molecule has 3 heteroatoms. The third kappa shape index (κ3) is 3.42. The van der Waals surface area contributed by atoms with Gasteiger partial charge in [0.2, 0.25) is 0 Å². The molecule has 0 saturated heterocycles. The predicted octanol–water partition coefficient (Wildman–Crippen LogP) is 3.43. The van der Waals surface area contributed by atoms with E-state index in [9.17, 15) is 0 Å². The summed E-state index contributed by atoms with van der Waals surface area (Å²) in [5.41, 5.74) is 1.27. The molecule has 0 aliphatic carbocycles. The molecule has 0 radical (unpaired) electrons. The summed E-state index contributed by atoms with van der Waals surface area (Å²) >= 11 is 0. The number of hydrogen-bond donors (Lipinski definition) is 0. The predicted molar refractivity (Wildman–Crippen MR) is 110 cm³/mol. The molecule has 3 rings (SSSR count). The molecule has 24 heavy (non-hydrogen) atoms. The summed E-state index contributed by atoms with van der Waals surface area (Å²) in [5, 5.41) is 4.22. The van der Waals surface area contributed by atoms with E-state index in [0.717, 1.165) is 0 Å². The first kappa shape index (κ1) is 16.9. The maximum Gasteiger partial charge on any atom is 0.168 e. The lowest BCUT2D eigenvalue weighted by Gasteiger charge is -2.37. The first-order chi connectivity index (χ1) is 11.5. The van der Waals surface area contributed by atoms with Gasteiger partial charge in [-0.1, -0.05) is 86.4 Å². The van der Waals surface area contributed by atoms with Gasteiger partial charge >= 0.3 is 0 Å². The largest absolute Gasteiger partial charge is 0.265 e. The normalized spacial score (nSPS) is 12.1. The summed E-state index contributed by atoms with van der Waals surface area (Å²) in [6.45, 7) is 7.43. The molecule has 1 heterocycles. The quantitative estimate of drug-likeness (QED) is 0.644. The third-order valence-electron chi connectivity index (χ3n) is 4.43. The Hall–Kier alpha value is -1.98. The molecule has 3 aromatic rings. The summed E-state index contributed by atoms with van der Waals surface area (Å²) in [5.74, 6) is 0. The summed E-state index contributed by atoms with van der Waals surface area (Å²) in [4.78, 5) is 4.87. The lowest BCUT2D eigenvalue weighted by molar-refractivity contribution is 1.36. The molecule has 0 amide bonds. The number of nitrogens with zero attached hydrogens (tertiary/aromatic N) is 1. The summed E-state index contributed by atoms with van der Waals surface area (Å²) in [6, 6.07) is 28.6. The number of benzene rings is 2. The lowest BCUT2D eigenvalue weighted by Crippen LogP contribution is -2.70. The molecule has 0 atom stereocenters. The Balaban J connectivity index is 2.33. The van der Waals surface area contributed by atoms with Gasteiger partial charge in [-0.25, -0.2) is 0 Å². The van der Waals surface area contributed by atoms with Crippen molar-refractivity contribution in [2.45, 2.75) is 25.3 Å². The fourth-order valence-electron chi connectivity index (χ4n) is 3.61. The van der Waals surface area contributed by atoms with Gasteiger partial charge in [0.05, 0.1) is 0 Å². The second-order valence-corrected chi connectivity index (χ2v) is 17.6. The average Bonchev–Trinajstić information content (AvgIpc) is 2.61. The van der Waals surface area contributed by atoms with Gasteiger partial charge in [-0.3, -0.25) is 4.98 Å². The van der Waals surface area contributed by atoms with Gasteiger partial charge in [-0.15, -0.1) is 0 Å². The molecular formula is C21H25NSi2. The molecule has 1 nitrogen and oxygen atoms in total. The van der Waals surface area contributed by atoms with Crippen LogP contribution in [0.4, 0.5) is 0 Å². The third-order valence-corrected chi connectivity index (χ3v) is 14.6. The van der Waals surface area contributed by atoms with Crippen molar-refractivity contribution in [2.75, 3.05) is 0 Å². The van der Waals surface area contributed by atoms with Gasteiger partial charge in [0.15, 0.2) is 8.07 Å². The number of rotatable bonds is 5. The van der Waals surface area contributed by atoms with Gasteiger partial charge in [0.25, 0.3) is 0 Å². The van der Waals surface area contributed by atoms with E-state index in [1.54, 1.807) is 0 Å². The highest BCUT2D eigenvalue weighted by molar-refractivity contribution is 7.17. The van der Waals surface area contributed by atoms with Crippen molar-refractivity contribution in [1.29, 1.82) is 0 Å². The second kappa shape index (κ2) is 6.87. The number of hydrogen-bond acceptors (Lipinski definition) is 1. The van der Waals surface area contributed by atoms with Crippen molar-refractivity contribution in [3.63, 3.8) is 0 Å². The first-order valence-corrected chi connectivity index (χ1v) is 14.5. The molecule has 0 unspecified atom stereocenters. The minimum atomic E-state index is -2.11. The summed E-state index contributed by atoms with van der Waals surface area (Å²) in [7, 11) is -3.43. The van der Waals surface area contributed by atoms with Crippen molar-refractivity contribution in [1.82, 2.24) is 4.98 Å². The Morgan fingerprint density at radius 3 is 1.58 bits per heavy atom. The van der Waals surface area contributed by atoms with E-state index in [2.05, 4.69) is 92.4 Å². The Morgan fingerprint density at radius 2 is 1.17 bits per heavy atom. The van der Waals surface area contributed by atoms with Crippen LogP contribution in [-0.4, -0.2) is 21.1 Å². The fourth-order valence-corrected chi connectivity index (χ4v) is 15.5. The molecule has 0 spiro atoms. The minimum Gasteiger partial charge on any atom is -0.265 e. The SMILES string of the molecule is C[Si](C)(C)C[Si](c1ccccc1)(c1ccccc1)c1ccccn1. The van der Waals surface area contributed by atoms with E-state index < -0.39 is 16.1 Å². The standard InChI is InChI=1S/C21H25NSi2/c1-23(2,3)18-24(19-12-6-4-7-13-19,20-14-8-5-9-15-20)21-16-10-11-17-22-21/h4-17H,18H2,1-3H3. The van der Waals surface area contributed by atoms with Crippen LogP contribution in [0.2, 0.25) is 25.3 Å². The van der Waals surface area contributed by atoms with Gasteiger partial charge in [-0.05, 0) is 28.2 Å². The van der Waals surface area contributed by atoms with Crippen LogP contribution in [0, 0.1) is 0 Å². The van der Waals surface area contributed by atoms with Gasteiger partial charge in [0.1, 0.15) is 0 Å². The zero-order chi connectivity index (χ0) is 17.0. The highest BCUT2D eigenvalue weighted by Crippen LogP contribution is 2.20. The van der Waals surface area contributed by atoms with Crippen LogP contribution >= 0.6 is 0 Å². The maximum atomic E-state index is 4.87. The molecule has 1 aromatic heterocycles. The number of pyridine rings is 1. The molecule has 2 aromatic carbocycles. The van der Waals surface area contributed by atoms with E-state index in [4.69, 9.17) is 4.98 Å². The summed E-state index contributed by atoms with van der Waals surface area (Å²) < 4.78 is 0. The first-order valence-electron chi connectivity index (χ1n) is 8.55. The van der Waals surface area contributed by atoms with Crippen LogP contribution in [0.3, 0.4) is 0 Å². The van der Waals surface area contributed by atoms with E-state index in [1.807, 2.05) is 12.3 Å². The van der Waals surface area contributed by atoms with Crippen LogP contribution in [-0.2, 0) is 0 Å². The van der Waals surface area contributed by atoms with Crippen molar-refractivity contribution in [3.8, 4) is 0 Å². The lowest BCUT2D eigenvalue weighted by atomic mass is 10.4. The second-order valence-electron chi connectivity index (χ2n) is 7.59. The topological polar surface area (TPSA) is 12.9 Å². The van der Waals surface area contributed by atoms with Crippen LogP contribution in [0.5, 0.6) is 0 Å². The van der Waals surface area contributed by atoms with Gasteiger partial charge in [-0.2, -0.15) is 0 Å². The molecule has 0 fully saturated rings. The Bertz CT molecular complexity index is 669. The van der Waals surface area contributed by atoms with E-state index >= 15 is 0 Å². The molecule has 0 aliphatic heterocycles. The average molecular weight is 348 g/mol. The molecule has 0 bridgehead atoms.